The number of hydrogen-bond acceptors (Lipinski definition) is 3. The second-order valence-corrected chi connectivity index (χ2v) is 8.83. The van der Waals surface area contributed by atoms with Gasteiger partial charge in [0, 0.05) is 39.8 Å². The van der Waals surface area contributed by atoms with Crippen molar-refractivity contribution in [3.63, 3.8) is 0 Å². The third-order valence-corrected chi connectivity index (χ3v) is 6.89. The number of halogens is 1. The van der Waals surface area contributed by atoms with E-state index >= 15 is 0 Å². The lowest BCUT2D eigenvalue weighted by molar-refractivity contribution is 0.371. The molecule has 0 saturated carbocycles. The van der Waals surface area contributed by atoms with Gasteiger partial charge in [0.05, 0.1) is 5.75 Å². The normalized spacial score (nSPS) is 20.3. The van der Waals surface area contributed by atoms with Crippen LogP contribution in [0.3, 0.4) is 0 Å². The van der Waals surface area contributed by atoms with Gasteiger partial charge in [-0.25, -0.2) is 12.7 Å². The van der Waals surface area contributed by atoms with Gasteiger partial charge in [0.2, 0.25) is 10.0 Å². The summed E-state index contributed by atoms with van der Waals surface area (Å²) >= 11 is 0. The minimum absolute atomic E-state index is 0. The van der Waals surface area contributed by atoms with E-state index in [1.807, 2.05) is 6.07 Å². The zero-order valence-electron chi connectivity index (χ0n) is 15.8. The Morgan fingerprint density at radius 1 is 1.19 bits per heavy atom. The van der Waals surface area contributed by atoms with Crippen molar-refractivity contribution in [3.8, 4) is 0 Å². The van der Waals surface area contributed by atoms with E-state index in [9.17, 15) is 8.42 Å². The standard InChI is InChI=1S/C19H28N4O2S.HI/c1-20-19(21-10-14-23-11-5-15-26(23,24)25)22-12-8-18(9-13-22)16-17-6-3-2-4-7-17;/h2-4,6-7,16H,5,8-15H2,1H3,(H,20,21);1H. The van der Waals surface area contributed by atoms with Crippen LogP contribution in [-0.4, -0.2) is 69.1 Å². The van der Waals surface area contributed by atoms with E-state index in [2.05, 4.69) is 45.6 Å². The fraction of sp³-hybridized carbons (Fsp3) is 0.526. The molecule has 0 unspecified atom stereocenters. The molecule has 3 rings (SSSR count). The zero-order chi connectivity index (χ0) is 18.4. The molecule has 27 heavy (non-hydrogen) atoms. The quantitative estimate of drug-likeness (QED) is 0.389. The van der Waals surface area contributed by atoms with Gasteiger partial charge in [0.25, 0.3) is 0 Å². The number of nitrogens with zero attached hydrogens (tertiary/aromatic N) is 3. The summed E-state index contributed by atoms with van der Waals surface area (Å²) in [5, 5.41) is 3.32. The van der Waals surface area contributed by atoms with Crippen LogP contribution < -0.4 is 5.32 Å². The highest BCUT2D eigenvalue weighted by Gasteiger charge is 2.27. The SMILES string of the molecule is CN=C(NCCN1CCCS1(=O)=O)N1CCC(=Cc2ccccc2)CC1.I. The van der Waals surface area contributed by atoms with Crippen molar-refractivity contribution >= 4 is 46.0 Å². The maximum absolute atomic E-state index is 11.8. The Kier molecular flexibility index (Phi) is 8.56. The van der Waals surface area contributed by atoms with Gasteiger partial charge in [0.15, 0.2) is 5.96 Å². The van der Waals surface area contributed by atoms with Crippen LogP contribution in [0.4, 0.5) is 0 Å². The first kappa shape index (κ1) is 22.2. The Labute approximate surface area is 179 Å². The lowest BCUT2D eigenvalue weighted by Gasteiger charge is -2.31. The molecule has 8 heteroatoms. The molecule has 0 radical (unpaired) electrons. The Morgan fingerprint density at radius 2 is 1.89 bits per heavy atom. The van der Waals surface area contributed by atoms with Crippen molar-refractivity contribution in [2.24, 2.45) is 4.99 Å². The predicted molar refractivity (Wildman–Crippen MR) is 122 cm³/mol. The highest BCUT2D eigenvalue weighted by atomic mass is 127. The molecular weight excluding hydrogens is 475 g/mol. The summed E-state index contributed by atoms with van der Waals surface area (Å²) in [7, 11) is -1.24. The summed E-state index contributed by atoms with van der Waals surface area (Å²) < 4.78 is 25.3. The van der Waals surface area contributed by atoms with Crippen molar-refractivity contribution in [1.82, 2.24) is 14.5 Å². The van der Waals surface area contributed by atoms with Crippen LogP contribution >= 0.6 is 24.0 Å². The van der Waals surface area contributed by atoms with Crippen LogP contribution in [0.15, 0.2) is 40.9 Å². The van der Waals surface area contributed by atoms with Crippen molar-refractivity contribution in [3.05, 3.63) is 41.5 Å². The van der Waals surface area contributed by atoms with E-state index in [1.165, 1.54) is 11.1 Å². The third-order valence-electron chi connectivity index (χ3n) is 4.93. The number of rotatable bonds is 4. The van der Waals surface area contributed by atoms with Gasteiger partial charge in [-0.1, -0.05) is 42.0 Å². The van der Waals surface area contributed by atoms with Gasteiger partial charge in [-0.15, -0.1) is 24.0 Å². The zero-order valence-corrected chi connectivity index (χ0v) is 18.9. The second-order valence-electron chi connectivity index (χ2n) is 6.74. The molecule has 2 aliphatic rings. The molecule has 1 aromatic rings. The van der Waals surface area contributed by atoms with E-state index < -0.39 is 10.0 Å². The van der Waals surface area contributed by atoms with E-state index in [0.717, 1.165) is 38.3 Å². The molecule has 0 amide bonds. The molecular formula is C19H29IN4O2S. The molecule has 2 fully saturated rings. The van der Waals surface area contributed by atoms with Crippen molar-refractivity contribution in [2.45, 2.75) is 19.3 Å². The van der Waals surface area contributed by atoms with Gasteiger partial charge in [-0.3, -0.25) is 4.99 Å². The number of hydrogen-bond donors (Lipinski definition) is 1. The number of aliphatic imine (C=N–C) groups is 1. The fourth-order valence-corrected chi connectivity index (χ4v) is 5.03. The summed E-state index contributed by atoms with van der Waals surface area (Å²) in [5.41, 5.74) is 2.72. The van der Waals surface area contributed by atoms with E-state index in [0.29, 0.717) is 19.6 Å². The topological polar surface area (TPSA) is 65.0 Å². The number of benzene rings is 1. The van der Waals surface area contributed by atoms with Crippen LogP contribution in [0.25, 0.3) is 6.08 Å². The lowest BCUT2D eigenvalue weighted by Crippen LogP contribution is -2.46. The molecule has 6 nitrogen and oxygen atoms in total. The van der Waals surface area contributed by atoms with Gasteiger partial charge >= 0.3 is 0 Å². The molecule has 0 aromatic heterocycles. The Morgan fingerprint density at radius 3 is 2.48 bits per heavy atom. The second kappa shape index (κ2) is 10.4. The summed E-state index contributed by atoms with van der Waals surface area (Å²) in [5.74, 6) is 1.14. The number of likely N-dealkylation sites (tertiary alicyclic amines) is 1. The van der Waals surface area contributed by atoms with Crippen LogP contribution in [0.2, 0.25) is 0 Å². The number of piperidine rings is 1. The number of nitrogens with one attached hydrogen (secondary N) is 1. The van der Waals surface area contributed by atoms with Crippen LogP contribution in [0.5, 0.6) is 0 Å². The predicted octanol–water partition coefficient (Wildman–Crippen LogP) is 2.39. The average molecular weight is 504 g/mol. The van der Waals surface area contributed by atoms with Crippen LogP contribution in [-0.2, 0) is 10.0 Å². The molecule has 1 aromatic carbocycles. The maximum Gasteiger partial charge on any atom is 0.214 e. The molecule has 0 bridgehead atoms. The van der Waals surface area contributed by atoms with Gasteiger partial charge < -0.3 is 10.2 Å². The summed E-state index contributed by atoms with van der Waals surface area (Å²) in [6.45, 7) is 3.60. The molecule has 2 aliphatic heterocycles. The van der Waals surface area contributed by atoms with Gasteiger partial charge in [-0.05, 0) is 24.8 Å². The highest BCUT2D eigenvalue weighted by Crippen LogP contribution is 2.19. The number of guanidine groups is 1. The first-order valence-corrected chi connectivity index (χ1v) is 10.9. The first-order chi connectivity index (χ1) is 12.6. The minimum Gasteiger partial charge on any atom is -0.355 e. The number of sulfonamides is 1. The lowest BCUT2D eigenvalue weighted by atomic mass is 10.0. The Bertz CT molecular complexity index is 755. The highest BCUT2D eigenvalue weighted by molar-refractivity contribution is 14.0. The van der Waals surface area contributed by atoms with Crippen molar-refractivity contribution in [2.75, 3.05) is 45.5 Å². The van der Waals surface area contributed by atoms with Crippen molar-refractivity contribution < 1.29 is 8.42 Å². The monoisotopic (exact) mass is 504 g/mol. The molecule has 150 valence electrons. The van der Waals surface area contributed by atoms with Gasteiger partial charge in [0.1, 0.15) is 0 Å². The smallest absolute Gasteiger partial charge is 0.214 e. The molecule has 0 aliphatic carbocycles. The maximum atomic E-state index is 11.8. The first-order valence-electron chi connectivity index (χ1n) is 9.26. The molecule has 2 saturated heterocycles. The summed E-state index contributed by atoms with van der Waals surface area (Å²) in [4.78, 5) is 6.62. The summed E-state index contributed by atoms with van der Waals surface area (Å²) in [6, 6.07) is 10.4. The minimum atomic E-state index is -3.02. The average Bonchev–Trinajstić information content (AvgIpc) is 2.99. The van der Waals surface area contributed by atoms with E-state index in [1.54, 1.807) is 11.4 Å². The van der Waals surface area contributed by atoms with E-state index in [-0.39, 0.29) is 29.7 Å². The van der Waals surface area contributed by atoms with E-state index in [4.69, 9.17) is 0 Å². The largest absolute Gasteiger partial charge is 0.355 e. The Hall–Kier alpha value is -1.13. The Balaban J connectivity index is 0.00000261. The molecule has 0 atom stereocenters. The van der Waals surface area contributed by atoms with Crippen LogP contribution in [0, 0.1) is 0 Å². The summed E-state index contributed by atoms with van der Waals surface area (Å²) in [6.07, 6.45) is 5.07. The molecule has 1 N–H and O–H groups in total. The van der Waals surface area contributed by atoms with Crippen molar-refractivity contribution in [1.29, 1.82) is 0 Å². The van der Waals surface area contributed by atoms with Crippen LogP contribution in [0.1, 0.15) is 24.8 Å². The molecule has 2 heterocycles. The third kappa shape index (κ3) is 6.18. The molecule has 0 spiro atoms. The van der Waals surface area contributed by atoms with Gasteiger partial charge in [-0.2, -0.15) is 0 Å². The fourth-order valence-electron chi connectivity index (χ4n) is 3.50.